The molecule has 0 spiro atoms. The Kier molecular flexibility index (Phi) is 5.18. The van der Waals surface area contributed by atoms with Crippen molar-refractivity contribution in [2.24, 2.45) is 0 Å². The molecule has 0 radical (unpaired) electrons. The second kappa shape index (κ2) is 7.53. The molecule has 1 heterocycles. The molecule has 1 amide bonds. The summed E-state index contributed by atoms with van der Waals surface area (Å²) in [5.41, 5.74) is 2.81. The molecule has 3 N–H and O–H groups in total. The van der Waals surface area contributed by atoms with Crippen LogP contribution in [0.25, 0.3) is 10.9 Å². The van der Waals surface area contributed by atoms with Crippen LogP contribution in [0.4, 0.5) is 0 Å². The number of hydrogen-bond donors (Lipinski definition) is 3. The Morgan fingerprint density at radius 2 is 1.88 bits per heavy atom. The molecule has 0 bridgehead atoms. The predicted molar refractivity (Wildman–Crippen MR) is 103 cm³/mol. The highest BCUT2D eigenvalue weighted by atomic mass is 32.1. The van der Waals surface area contributed by atoms with E-state index in [1.54, 1.807) is 18.2 Å². The fourth-order valence-corrected chi connectivity index (χ4v) is 2.96. The van der Waals surface area contributed by atoms with Crippen molar-refractivity contribution in [2.45, 2.75) is 13.8 Å². The maximum absolute atomic E-state index is 12.3. The molecule has 1 aromatic heterocycles. The molecule has 0 fully saturated rings. The van der Waals surface area contributed by atoms with Crippen molar-refractivity contribution in [1.82, 2.24) is 15.3 Å². The van der Waals surface area contributed by atoms with Gasteiger partial charge in [0, 0.05) is 5.56 Å². The molecule has 26 heavy (non-hydrogen) atoms. The smallest absolute Gasteiger partial charge is 0.259 e. The predicted octanol–water partition coefficient (Wildman–Crippen LogP) is 3.01. The van der Waals surface area contributed by atoms with Crippen LogP contribution in [-0.2, 0) is 0 Å². The van der Waals surface area contributed by atoms with Gasteiger partial charge in [-0.1, -0.05) is 18.2 Å². The van der Waals surface area contributed by atoms with Crippen molar-refractivity contribution in [3.63, 3.8) is 0 Å². The van der Waals surface area contributed by atoms with Crippen molar-refractivity contribution in [2.75, 3.05) is 13.2 Å². The normalized spacial score (nSPS) is 10.7. The first-order chi connectivity index (χ1) is 12.5. The molecule has 0 unspecified atom stereocenters. The van der Waals surface area contributed by atoms with Crippen LogP contribution in [0.2, 0.25) is 0 Å². The van der Waals surface area contributed by atoms with Gasteiger partial charge in [0.2, 0.25) is 0 Å². The molecule has 0 saturated carbocycles. The van der Waals surface area contributed by atoms with Crippen LogP contribution in [0, 0.1) is 18.6 Å². The molecular formula is C19H19N3O3S. The summed E-state index contributed by atoms with van der Waals surface area (Å²) in [4.78, 5) is 29.5. The minimum absolute atomic E-state index is 0.224. The second-order valence-electron chi connectivity index (χ2n) is 5.99. The molecule has 0 atom stereocenters. The zero-order valence-corrected chi connectivity index (χ0v) is 15.3. The number of rotatable bonds is 5. The first kappa shape index (κ1) is 17.9. The number of amides is 1. The summed E-state index contributed by atoms with van der Waals surface area (Å²) in [6, 6.07) is 10.8. The third-order valence-electron chi connectivity index (χ3n) is 4.04. The van der Waals surface area contributed by atoms with E-state index in [2.05, 4.69) is 15.3 Å². The number of H-pyrrole nitrogens is 2. The number of aromatic amines is 2. The van der Waals surface area contributed by atoms with Crippen molar-refractivity contribution in [1.29, 1.82) is 0 Å². The molecule has 2 aromatic carbocycles. The lowest BCUT2D eigenvalue weighted by Gasteiger charge is -2.12. The topological polar surface area (TPSA) is 87.0 Å². The Labute approximate surface area is 155 Å². The molecule has 0 aliphatic heterocycles. The number of aryl methyl sites for hydroxylation is 2. The van der Waals surface area contributed by atoms with E-state index in [1.165, 1.54) is 0 Å². The second-order valence-corrected chi connectivity index (χ2v) is 6.40. The minimum atomic E-state index is -0.280. The monoisotopic (exact) mass is 369 g/mol. The first-order valence-electron chi connectivity index (χ1n) is 8.19. The quantitative estimate of drug-likeness (QED) is 0.477. The van der Waals surface area contributed by atoms with Gasteiger partial charge in [-0.3, -0.25) is 14.6 Å². The van der Waals surface area contributed by atoms with E-state index < -0.39 is 0 Å². The zero-order chi connectivity index (χ0) is 18.7. The maximum atomic E-state index is 12.3. The summed E-state index contributed by atoms with van der Waals surface area (Å²) in [6.45, 7) is 4.71. The summed E-state index contributed by atoms with van der Waals surface area (Å²) < 4.78 is 6.00. The van der Waals surface area contributed by atoms with Crippen molar-refractivity contribution < 1.29 is 9.53 Å². The first-order valence-corrected chi connectivity index (χ1v) is 8.60. The SMILES string of the molecule is Cc1cccc(C)c1OCCNC(=O)c1ccc2c(=O)[nH]c(=S)[nH]c2c1. The largest absolute Gasteiger partial charge is 0.491 e. The Morgan fingerprint density at radius 1 is 1.15 bits per heavy atom. The van der Waals surface area contributed by atoms with Gasteiger partial charge in [0.25, 0.3) is 11.5 Å². The van der Waals surface area contributed by atoms with E-state index in [0.717, 1.165) is 16.9 Å². The van der Waals surface area contributed by atoms with Crippen molar-refractivity contribution in [3.8, 4) is 5.75 Å². The van der Waals surface area contributed by atoms with Crippen molar-refractivity contribution in [3.05, 3.63) is 68.2 Å². The highest BCUT2D eigenvalue weighted by molar-refractivity contribution is 7.71. The van der Waals surface area contributed by atoms with Gasteiger partial charge in [-0.15, -0.1) is 0 Å². The average Bonchev–Trinajstić information content (AvgIpc) is 2.59. The third-order valence-corrected chi connectivity index (χ3v) is 4.25. The molecule has 0 saturated heterocycles. The highest BCUT2D eigenvalue weighted by Crippen LogP contribution is 2.21. The van der Waals surface area contributed by atoms with Crippen LogP contribution in [0.5, 0.6) is 5.75 Å². The molecule has 6 nitrogen and oxygen atoms in total. The van der Waals surface area contributed by atoms with E-state index in [9.17, 15) is 9.59 Å². The van der Waals surface area contributed by atoms with E-state index in [1.807, 2.05) is 32.0 Å². The summed E-state index contributed by atoms with van der Waals surface area (Å²) in [5, 5.41) is 3.26. The fraction of sp³-hybridized carbons (Fsp3) is 0.211. The van der Waals surface area contributed by atoms with E-state index in [-0.39, 0.29) is 16.2 Å². The maximum Gasteiger partial charge on any atom is 0.259 e. The Hall–Kier alpha value is -2.93. The van der Waals surface area contributed by atoms with Crippen LogP contribution in [0.15, 0.2) is 41.2 Å². The van der Waals surface area contributed by atoms with Crippen LogP contribution in [0.1, 0.15) is 21.5 Å². The molecule has 3 aromatic rings. The number of fused-ring (bicyclic) bond motifs is 1. The lowest BCUT2D eigenvalue weighted by atomic mass is 10.1. The molecule has 0 aliphatic carbocycles. The number of aromatic nitrogens is 2. The van der Waals surface area contributed by atoms with Crippen molar-refractivity contribution >= 4 is 29.0 Å². The van der Waals surface area contributed by atoms with Gasteiger partial charge in [0.05, 0.1) is 17.4 Å². The number of ether oxygens (including phenoxy) is 1. The highest BCUT2D eigenvalue weighted by Gasteiger charge is 2.08. The van der Waals surface area contributed by atoms with Gasteiger partial charge in [-0.2, -0.15) is 0 Å². The Bertz CT molecular complexity index is 1070. The lowest BCUT2D eigenvalue weighted by Crippen LogP contribution is -2.28. The molecule has 134 valence electrons. The van der Waals surface area contributed by atoms with Crippen LogP contribution in [-0.4, -0.2) is 29.0 Å². The fourth-order valence-electron chi connectivity index (χ4n) is 2.76. The average molecular weight is 369 g/mol. The number of hydrogen-bond acceptors (Lipinski definition) is 4. The Morgan fingerprint density at radius 3 is 2.62 bits per heavy atom. The molecule has 3 rings (SSSR count). The number of carbonyl (C=O) groups is 1. The molecular weight excluding hydrogens is 350 g/mol. The summed E-state index contributed by atoms with van der Waals surface area (Å²) >= 11 is 4.96. The number of para-hydroxylation sites is 1. The molecule has 7 heteroatoms. The summed E-state index contributed by atoms with van der Waals surface area (Å²) in [5.74, 6) is 0.607. The zero-order valence-electron chi connectivity index (χ0n) is 14.5. The van der Waals surface area contributed by atoms with Gasteiger partial charge >= 0.3 is 0 Å². The standard InChI is InChI=1S/C19H19N3O3S/c1-11-4-3-5-12(2)16(11)25-9-8-20-17(23)13-6-7-14-15(10-13)21-19(26)22-18(14)24/h3-7,10H,8-9H2,1-2H3,(H,20,23)(H2,21,22,24,26). The Balaban J connectivity index is 1.64. The number of nitrogens with one attached hydrogen (secondary N) is 3. The van der Waals surface area contributed by atoms with Gasteiger partial charge in [-0.25, -0.2) is 0 Å². The molecule has 0 aliphatic rings. The number of carbonyl (C=O) groups excluding carboxylic acids is 1. The van der Waals surface area contributed by atoms with Gasteiger partial charge in [0.1, 0.15) is 12.4 Å². The lowest BCUT2D eigenvalue weighted by molar-refractivity contribution is 0.0947. The van der Waals surface area contributed by atoms with Crippen LogP contribution < -0.4 is 15.6 Å². The van der Waals surface area contributed by atoms with Crippen LogP contribution in [0.3, 0.4) is 0 Å². The van der Waals surface area contributed by atoms with E-state index >= 15 is 0 Å². The minimum Gasteiger partial charge on any atom is -0.491 e. The van der Waals surface area contributed by atoms with Gasteiger partial charge in [0.15, 0.2) is 4.77 Å². The summed E-state index contributed by atoms with van der Waals surface area (Å²) in [6.07, 6.45) is 0. The van der Waals surface area contributed by atoms with E-state index in [0.29, 0.717) is 29.6 Å². The van der Waals surface area contributed by atoms with E-state index in [4.69, 9.17) is 17.0 Å². The number of benzene rings is 2. The van der Waals surface area contributed by atoms with Gasteiger partial charge < -0.3 is 15.0 Å². The summed E-state index contributed by atoms with van der Waals surface area (Å²) in [7, 11) is 0. The third kappa shape index (κ3) is 3.83. The van der Waals surface area contributed by atoms with Crippen LogP contribution >= 0.6 is 12.2 Å². The van der Waals surface area contributed by atoms with Gasteiger partial charge in [-0.05, 0) is 55.4 Å².